The predicted molar refractivity (Wildman–Crippen MR) is 62.4 cm³/mol. The number of alkyl carbamates (subject to hydrolysis) is 1. The number of nitrogens with two attached hydrogens (primary N) is 1. The van der Waals surface area contributed by atoms with Crippen LogP contribution in [0.25, 0.3) is 0 Å². The largest absolute Gasteiger partial charge is 0.415 e. The van der Waals surface area contributed by atoms with Crippen LogP contribution in [0.3, 0.4) is 0 Å². The van der Waals surface area contributed by atoms with Gasteiger partial charge in [-0.1, -0.05) is 0 Å². The van der Waals surface area contributed by atoms with Crippen LogP contribution in [-0.4, -0.2) is 17.7 Å². The Labute approximate surface area is 101 Å². The van der Waals surface area contributed by atoms with Gasteiger partial charge < -0.3 is 15.8 Å². The monoisotopic (exact) mass is 237 g/mol. The number of nitrogens with one attached hydrogen (secondary N) is 2. The molecule has 5 nitrogen and oxygen atoms in total. The van der Waals surface area contributed by atoms with Crippen molar-refractivity contribution in [3.63, 3.8) is 0 Å². The highest BCUT2D eigenvalue weighted by molar-refractivity contribution is 5.84. The molecule has 4 saturated carbocycles. The van der Waals surface area contributed by atoms with Crippen LogP contribution in [0.15, 0.2) is 0 Å². The fraction of sp³-hybridized carbons (Fsp3) is 0.833. The summed E-state index contributed by atoms with van der Waals surface area (Å²) >= 11 is 0. The van der Waals surface area contributed by atoms with Crippen molar-refractivity contribution in [1.29, 1.82) is 5.41 Å². The molecule has 4 fully saturated rings. The van der Waals surface area contributed by atoms with Gasteiger partial charge in [-0.3, -0.25) is 5.41 Å². The zero-order valence-corrected chi connectivity index (χ0v) is 9.87. The van der Waals surface area contributed by atoms with Crippen molar-refractivity contribution in [2.45, 2.75) is 44.1 Å². The van der Waals surface area contributed by atoms with E-state index in [0.29, 0.717) is 0 Å². The first-order valence-electron chi connectivity index (χ1n) is 6.39. The molecular formula is C12H19N3O2. The molecule has 0 saturated heterocycles. The first kappa shape index (κ1) is 10.9. The van der Waals surface area contributed by atoms with E-state index < -0.39 is 12.1 Å². The minimum Gasteiger partial charge on any atom is -0.377 e. The lowest BCUT2D eigenvalue weighted by atomic mass is 9.53. The maximum absolute atomic E-state index is 11.6. The highest BCUT2D eigenvalue weighted by atomic mass is 16.6. The van der Waals surface area contributed by atoms with Crippen LogP contribution in [0.5, 0.6) is 0 Å². The van der Waals surface area contributed by atoms with Crippen molar-refractivity contribution < 1.29 is 9.53 Å². The van der Waals surface area contributed by atoms with Crippen molar-refractivity contribution in [2.75, 3.05) is 0 Å². The van der Waals surface area contributed by atoms with Gasteiger partial charge in [0.2, 0.25) is 0 Å². The van der Waals surface area contributed by atoms with Gasteiger partial charge in [-0.25, -0.2) is 4.79 Å². The van der Waals surface area contributed by atoms with Gasteiger partial charge in [0.05, 0.1) is 0 Å². The van der Waals surface area contributed by atoms with Gasteiger partial charge in [0.25, 0.3) is 6.02 Å². The van der Waals surface area contributed by atoms with E-state index in [1.54, 1.807) is 0 Å². The second-order valence-corrected chi connectivity index (χ2v) is 6.08. The summed E-state index contributed by atoms with van der Waals surface area (Å²) in [6.45, 7) is 0. The first-order valence-corrected chi connectivity index (χ1v) is 6.39. The third kappa shape index (κ3) is 1.98. The molecule has 17 heavy (non-hydrogen) atoms. The molecule has 0 aromatic carbocycles. The Morgan fingerprint density at radius 2 is 1.65 bits per heavy atom. The lowest BCUT2D eigenvalue weighted by Gasteiger charge is -2.56. The number of hydrogen-bond donors (Lipinski definition) is 3. The molecule has 0 atom stereocenters. The summed E-state index contributed by atoms with van der Waals surface area (Å²) in [5.41, 5.74) is 4.99. The second kappa shape index (κ2) is 3.62. The Morgan fingerprint density at radius 3 is 2.06 bits per heavy atom. The molecule has 4 N–H and O–H groups in total. The van der Waals surface area contributed by atoms with Crippen LogP contribution < -0.4 is 11.1 Å². The zero-order chi connectivity index (χ0) is 12.0. The molecule has 0 unspecified atom stereocenters. The number of amidine groups is 1. The molecule has 0 aromatic rings. The average Bonchev–Trinajstić information content (AvgIpc) is 2.11. The van der Waals surface area contributed by atoms with Crippen LogP contribution >= 0.6 is 0 Å². The van der Waals surface area contributed by atoms with Gasteiger partial charge in [0.1, 0.15) is 0 Å². The average molecular weight is 237 g/mol. The van der Waals surface area contributed by atoms with Crippen molar-refractivity contribution in [1.82, 2.24) is 5.32 Å². The van der Waals surface area contributed by atoms with E-state index in [1.165, 1.54) is 19.3 Å². The van der Waals surface area contributed by atoms with Crippen molar-refractivity contribution >= 4 is 12.1 Å². The van der Waals surface area contributed by atoms with E-state index in [2.05, 4.69) is 10.1 Å². The predicted octanol–water partition coefficient (Wildman–Crippen LogP) is 1.57. The molecule has 0 heterocycles. The van der Waals surface area contributed by atoms with E-state index in [9.17, 15) is 4.79 Å². The Balaban J connectivity index is 1.70. The molecular weight excluding hydrogens is 218 g/mol. The number of amides is 1. The van der Waals surface area contributed by atoms with Crippen LogP contribution in [0, 0.1) is 23.2 Å². The van der Waals surface area contributed by atoms with Gasteiger partial charge in [0.15, 0.2) is 0 Å². The van der Waals surface area contributed by atoms with E-state index in [1.807, 2.05) is 0 Å². The normalized spacial score (nSPS) is 42.2. The lowest BCUT2D eigenvalue weighted by molar-refractivity contribution is -0.0164. The Kier molecular flexibility index (Phi) is 2.31. The third-order valence-electron chi connectivity index (χ3n) is 4.61. The number of ether oxygens (including phenoxy) is 1. The third-order valence-corrected chi connectivity index (χ3v) is 4.61. The van der Waals surface area contributed by atoms with E-state index >= 15 is 0 Å². The van der Waals surface area contributed by atoms with Crippen LogP contribution in [0.4, 0.5) is 4.79 Å². The fourth-order valence-electron chi connectivity index (χ4n) is 4.61. The van der Waals surface area contributed by atoms with Gasteiger partial charge >= 0.3 is 6.09 Å². The van der Waals surface area contributed by atoms with Crippen LogP contribution in [-0.2, 0) is 4.74 Å². The summed E-state index contributed by atoms with van der Waals surface area (Å²) in [5.74, 6) is 2.33. The molecule has 94 valence electrons. The summed E-state index contributed by atoms with van der Waals surface area (Å²) < 4.78 is 4.60. The summed E-state index contributed by atoms with van der Waals surface area (Å²) in [4.78, 5) is 11.6. The quantitative estimate of drug-likeness (QED) is 0.478. The van der Waals surface area contributed by atoms with Crippen LogP contribution in [0.1, 0.15) is 38.5 Å². The van der Waals surface area contributed by atoms with Gasteiger partial charge in [-0.15, -0.1) is 0 Å². The van der Waals surface area contributed by atoms with Gasteiger partial charge in [0, 0.05) is 5.54 Å². The number of hydrogen-bond acceptors (Lipinski definition) is 3. The standard InChI is InChI=1S/C12H19N3O2/c13-10(14)17-11(16)15-12-4-7-1-8(5-12)3-9(2-7)6-12/h7-9H,1-6H2,(H3,13,14)(H,15,16). The van der Waals surface area contributed by atoms with E-state index in [0.717, 1.165) is 37.0 Å². The Hall–Kier alpha value is -1.26. The van der Waals surface area contributed by atoms with E-state index in [4.69, 9.17) is 11.1 Å². The summed E-state index contributed by atoms with van der Waals surface area (Å²) in [7, 11) is 0. The zero-order valence-electron chi connectivity index (χ0n) is 9.87. The number of carbonyl (C=O) groups excluding carboxylic acids is 1. The summed E-state index contributed by atoms with van der Waals surface area (Å²) in [5, 5.41) is 9.93. The maximum atomic E-state index is 11.6. The smallest absolute Gasteiger partial charge is 0.377 e. The molecule has 0 aliphatic heterocycles. The maximum Gasteiger partial charge on any atom is 0.415 e. The Morgan fingerprint density at radius 1 is 1.18 bits per heavy atom. The minimum atomic E-state index is -0.556. The molecule has 0 aromatic heterocycles. The van der Waals surface area contributed by atoms with E-state index in [-0.39, 0.29) is 5.54 Å². The highest BCUT2D eigenvalue weighted by Gasteiger charge is 2.51. The van der Waals surface area contributed by atoms with Crippen molar-refractivity contribution in [3.05, 3.63) is 0 Å². The van der Waals surface area contributed by atoms with Crippen LogP contribution in [0.2, 0.25) is 0 Å². The van der Waals surface area contributed by atoms with Crippen molar-refractivity contribution in [2.24, 2.45) is 23.5 Å². The molecule has 4 aliphatic rings. The SMILES string of the molecule is N=C(N)OC(=O)NC12CC3CC(CC(C3)C1)C2. The summed E-state index contributed by atoms with van der Waals surface area (Å²) in [6, 6.07) is -0.535. The molecule has 4 bridgehead atoms. The minimum absolute atomic E-state index is 0.0682. The molecule has 5 heteroatoms. The highest BCUT2D eigenvalue weighted by Crippen LogP contribution is 2.55. The first-order chi connectivity index (χ1) is 8.05. The molecule has 4 rings (SSSR count). The summed E-state index contributed by atoms with van der Waals surface area (Å²) in [6.07, 6.45) is 6.68. The van der Waals surface area contributed by atoms with Crippen molar-refractivity contribution in [3.8, 4) is 0 Å². The Bertz CT molecular complexity index is 331. The lowest BCUT2D eigenvalue weighted by Crippen LogP contribution is -2.60. The second-order valence-electron chi connectivity index (χ2n) is 6.08. The number of rotatable bonds is 1. The van der Waals surface area contributed by atoms with Gasteiger partial charge in [-0.05, 0) is 56.3 Å². The fourth-order valence-corrected chi connectivity index (χ4v) is 4.61. The molecule has 1 amide bonds. The topological polar surface area (TPSA) is 88.2 Å². The molecule has 0 radical (unpaired) electrons. The molecule has 0 spiro atoms. The molecule has 4 aliphatic carbocycles. The number of carbonyl (C=O) groups is 1. The van der Waals surface area contributed by atoms with Gasteiger partial charge in [-0.2, -0.15) is 0 Å².